The second-order valence-electron chi connectivity index (χ2n) is 14.5. The number of amides is 6. The minimum atomic E-state index is -1.79. The number of aromatic hydroxyl groups is 1. The zero-order valence-corrected chi connectivity index (χ0v) is 31.1. The van der Waals surface area contributed by atoms with E-state index in [2.05, 4.69) is 26.6 Å². The number of aliphatic carboxylic acids is 2. The van der Waals surface area contributed by atoms with E-state index in [0.29, 0.717) is 5.56 Å². The molecule has 0 unspecified atom stereocenters. The fourth-order valence-electron chi connectivity index (χ4n) is 6.13. The van der Waals surface area contributed by atoms with Crippen LogP contribution in [0.1, 0.15) is 84.6 Å². The van der Waals surface area contributed by atoms with E-state index >= 15 is 0 Å². The molecule has 300 valence electrons. The fourth-order valence-corrected chi connectivity index (χ4v) is 6.13. The lowest BCUT2D eigenvalue weighted by Crippen LogP contribution is -2.61. The molecule has 1 fully saturated rings. The SMILES string of the molecule is CC(C)[C@H](NC(=O)[C@@H](NC(=O)[C@@H](N)Cc1ccc(O)cc1)C(C)C)C(=O)N[C@@H](CC(N)=O)C(=O)N[C@@H](CC(=O)O)C(=O)N[C@@H](CC1CCCCC1)C(=O)O. The molecule has 1 aliphatic rings. The Bertz CT molecular complexity index is 1500. The highest BCUT2D eigenvalue weighted by molar-refractivity contribution is 5.98. The Hall–Kier alpha value is -5.26. The molecule has 1 aliphatic carbocycles. The van der Waals surface area contributed by atoms with E-state index in [4.69, 9.17) is 11.5 Å². The predicted octanol–water partition coefficient (Wildman–Crippen LogP) is -0.597. The van der Waals surface area contributed by atoms with E-state index in [0.717, 1.165) is 32.1 Å². The Balaban J connectivity index is 2.18. The van der Waals surface area contributed by atoms with Crippen LogP contribution < -0.4 is 38.1 Å². The Morgan fingerprint density at radius 1 is 0.667 bits per heavy atom. The summed E-state index contributed by atoms with van der Waals surface area (Å²) in [6, 6.07) is -2.30. The van der Waals surface area contributed by atoms with Crippen LogP contribution in [-0.2, 0) is 44.8 Å². The van der Waals surface area contributed by atoms with E-state index in [-0.39, 0.29) is 24.5 Å². The highest BCUT2D eigenvalue weighted by Crippen LogP contribution is 2.27. The average Bonchev–Trinajstić information content (AvgIpc) is 3.08. The number of hydrogen-bond donors (Lipinski definition) is 10. The second kappa shape index (κ2) is 21.4. The lowest BCUT2D eigenvalue weighted by molar-refractivity contribution is -0.144. The average molecular weight is 762 g/mol. The maximum absolute atomic E-state index is 13.6. The van der Waals surface area contributed by atoms with Crippen molar-refractivity contribution in [3.63, 3.8) is 0 Å². The number of nitrogens with one attached hydrogen (secondary N) is 5. The summed E-state index contributed by atoms with van der Waals surface area (Å²) in [5.74, 6) is -9.44. The lowest BCUT2D eigenvalue weighted by Gasteiger charge is -2.29. The topological polar surface area (TPSA) is 309 Å². The maximum atomic E-state index is 13.6. The van der Waals surface area contributed by atoms with Gasteiger partial charge < -0.3 is 53.4 Å². The minimum absolute atomic E-state index is 0.0402. The van der Waals surface area contributed by atoms with E-state index in [1.807, 2.05) is 0 Å². The maximum Gasteiger partial charge on any atom is 0.326 e. The van der Waals surface area contributed by atoms with Crippen molar-refractivity contribution in [1.29, 1.82) is 0 Å². The van der Waals surface area contributed by atoms with E-state index in [1.54, 1.807) is 39.8 Å². The van der Waals surface area contributed by atoms with Gasteiger partial charge in [0.15, 0.2) is 0 Å². The van der Waals surface area contributed by atoms with Crippen molar-refractivity contribution in [3.05, 3.63) is 29.8 Å². The summed E-state index contributed by atoms with van der Waals surface area (Å²) < 4.78 is 0. The molecule has 0 spiro atoms. The Kier molecular flexibility index (Phi) is 17.8. The zero-order valence-electron chi connectivity index (χ0n) is 31.1. The summed E-state index contributed by atoms with van der Waals surface area (Å²) in [6.07, 6.45) is 2.93. The Morgan fingerprint density at radius 2 is 1.13 bits per heavy atom. The molecule has 0 aliphatic heterocycles. The molecule has 1 aromatic carbocycles. The molecule has 0 saturated heterocycles. The van der Waals surface area contributed by atoms with Gasteiger partial charge in [-0.15, -0.1) is 0 Å². The van der Waals surface area contributed by atoms with Gasteiger partial charge in [-0.2, -0.15) is 0 Å². The molecule has 0 radical (unpaired) electrons. The van der Waals surface area contributed by atoms with Crippen LogP contribution in [0, 0.1) is 17.8 Å². The first kappa shape index (κ1) is 44.9. The second-order valence-corrected chi connectivity index (χ2v) is 14.5. The van der Waals surface area contributed by atoms with Gasteiger partial charge in [0.1, 0.15) is 36.0 Å². The van der Waals surface area contributed by atoms with Gasteiger partial charge in [0.25, 0.3) is 0 Å². The first-order valence-corrected chi connectivity index (χ1v) is 18.1. The van der Waals surface area contributed by atoms with Gasteiger partial charge in [-0.3, -0.25) is 33.6 Å². The van der Waals surface area contributed by atoms with Gasteiger partial charge in [0, 0.05) is 0 Å². The van der Waals surface area contributed by atoms with E-state index < -0.39 is 108 Å². The Morgan fingerprint density at radius 3 is 1.61 bits per heavy atom. The number of hydrogen-bond acceptors (Lipinski definition) is 10. The number of carbonyl (C=O) groups is 8. The standard InChI is InChI=1S/C36H55N7O11/c1-18(2)29(43-35(52)30(19(3)4)42-31(48)23(37)14-21-10-12-22(44)13-11-21)34(51)40-24(16-27(38)45)32(49)39-25(17-28(46)47)33(50)41-26(36(53)54)15-20-8-6-5-7-9-20/h10-13,18-20,23-26,29-30,44H,5-9,14-17,37H2,1-4H3,(H2,38,45)(H,39,49)(H,40,51)(H,41,50)(H,42,48)(H,43,52)(H,46,47)(H,53,54)/t23-,24-,25-,26-,29-,30-/m0/s1. The summed E-state index contributed by atoms with van der Waals surface area (Å²) in [5.41, 5.74) is 12.1. The molecule has 1 saturated carbocycles. The number of benzene rings is 1. The van der Waals surface area contributed by atoms with Gasteiger partial charge in [0.2, 0.25) is 35.4 Å². The number of primary amides is 1. The highest BCUT2D eigenvalue weighted by Gasteiger charge is 2.36. The molecule has 18 heteroatoms. The normalized spacial score (nSPS) is 16.5. The van der Waals surface area contributed by atoms with Crippen molar-refractivity contribution >= 4 is 47.4 Å². The van der Waals surface area contributed by atoms with Gasteiger partial charge in [0.05, 0.1) is 18.9 Å². The number of carboxylic acids is 2. The number of phenols is 1. The lowest BCUT2D eigenvalue weighted by atomic mass is 9.85. The first-order chi connectivity index (χ1) is 25.3. The number of rotatable bonds is 21. The van der Waals surface area contributed by atoms with Crippen LogP contribution >= 0.6 is 0 Å². The van der Waals surface area contributed by atoms with Crippen LogP contribution in [0.5, 0.6) is 5.75 Å². The van der Waals surface area contributed by atoms with Crippen molar-refractivity contribution in [3.8, 4) is 5.75 Å². The number of carboxylic acid groups (broad SMARTS) is 2. The molecule has 12 N–H and O–H groups in total. The number of phenolic OH excluding ortho intramolecular Hbond substituents is 1. The van der Waals surface area contributed by atoms with Crippen LogP contribution in [0.15, 0.2) is 24.3 Å². The molecule has 0 heterocycles. The molecule has 6 atom stereocenters. The summed E-state index contributed by atoms with van der Waals surface area (Å²) in [5, 5.41) is 40.7. The van der Waals surface area contributed by atoms with Gasteiger partial charge in [-0.1, -0.05) is 71.9 Å². The third-order valence-electron chi connectivity index (χ3n) is 9.18. The van der Waals surface area contributed by atoms with Crippen LogP contribution in [0.3, 0.4) is 0 Å². The summed E-state index contributed by atoms with van der Waals surface area (Å²) >= 11 is 0. The van der Waals surface area contributed by atoms with Crippen molar-refractivity contribution in [2.24, 2.45) is 29.2 Å². The van der Waals surface area contributed by atoms with Crippen LogP contribution in [0.25, 0.3) is 0 Å². The van der Waals surface area contributed by atoms with E-state index in [9.17, 15) is 53.7 Å². The highest BCUT2D eigenvalue weighted by atomic mass is 16.4. The largest absolute Gasteiger partial charge is 0.508 e. The monoisotopic (exact) mass is 761 g/mol. The summed E-state index contributed by atoms with van der Waals surface area (Å²) in [7, 11) is 0. The van der Waals surface area contributed by atoms with E-state index in [1.165, 1.54) is 12.1 Å². The van der Waals surface area contributed by atoms with Crippen molar-refractivity contribution < 1.29 is 53.7 Å². The zero-order chi connectivity index (χ0) is 40.7. The molecule has 0 bridgehead atoms. The van der Waals surface area contributed by atoms with Gasteiger partial charge in [-0.25, -0.2) is 4.79 Å². The fraction of sp³-hybridized carbons (Fsp3) is 0.611. The van der Waals surface area contributed by atoms with Gasteiger partial charge in [-0.05, 0) is 48.3 Å². The van der Waals surface area contributed by atoms with Crippen molar-refractivity contribution in [1.82, 2.24) is 26.6 Å². The summed E-state index contributed by atoms with van der Waals surface area (Å²) in [6.45, 7) is 6.49. The molecule has 1 aromatic rings. The molecular weight excluding hydrogens is 706 g/mol. The molecule has 6 amide bonds. The van der Waals surface area contributed by atoms with Gasteiger partial charge >= 0.3 is 11.9 Å². The molecule has 54 heavy (non-hydrogen) atoms. The minimum Gasteiger partial charge on any atom is -0.508 e. The Labute approximate surface area is 313 Å². The van der Waals surface area contributed by atoms with Crippen LogP contribution in [-0.4, -0.2) is 99.0 Å². The smallest absolute Gasteiger partial charge is 0.326 e. The van der Waals surface area contributed by atoms with Crippen molar-refractivity contribution in [2.45, 2.75) is 122 Å². The van der Waals surface area contributed by atoms with Crippen molar-refractivity contribution in [2.75, 3.05) is 0 Å². The molecule has 0 aromatic heterocycles. The van der Waals surface area contributed by atoms with Crippen LogP contribution in [0.4, 0.5) is 0 Å². The molecule has 18 nitrogen and oxygen atoms in total. The quantitative estimate of drug-likeness (QED) is 0.0752. The summed E-state index contributed by atoms with van der Waals surface area (Å²) in [4.78, 5) is 102. The van der Waals surface area contributed by atoms with Crippen LogP contribution in [0.2, 0.25) is 0 Å². The first-order valence-electron chi connectivity index (χ1n) is 18.1. The third-order valence-corrected chi connectivity index (χ3v) is 9.18. The number of nitrogens with two attached hydrogens (primary N) is 2. The predicted molar refractivity (Wildman–Crippen MR) is 194 cm³/mol. The number of carbonyl (C=O) groups excluding carboxylic acids is 6. The third kappa shape index (κ3) is 15.0. The molecular formula is C36H55N7O11. The molecule has 2 rings (SSSR count).